The van der Waals surface area contributed by atoms with E-state index in [1.165, 1.54) is 10.9 Å². The van der Waals surface area contributed by atoms with Crippen molar-refractivity contribution in [2.45, 2.75) is 12.6 Å². The fourth-order valence-electron chi connectivity index (χ4n) is 2.52. The first-order chi connectivity index (χ1) is 10.3. The van der Waals surface area contributed by atoms with Crippen molar-refractivity contribution in [2.24, 2.45) is 0 Å². The molecule has 0 aliphatic rings. The lowest BCUT2D eigenvalue weighted by Crippen LogP contribution is -2.24. The Labute approximate surface area is 128 Å². The Morgan fingerprint density at radius 1 is 1.10 bits per heavy atom. The highest BCUT2D eigenvalue weighted by atomic mass is 35.5. The average Bonchev–Trinajstić information content (AvgIpc) is 2.99. The molecule has 0 bridgehead atoms. The van der Waals surface area contributed by atoms with Crippen molar-refractivity contribution < 1.29 is 5.11 Å². The summed E-state index contributed by atoms with van der Waals surface area (Å²) in [5, 5.41) is 14.9. The molecule has 1 atom stereocenters. The second-order valence-corrected chi connectivity index (χ2v) is 5.46. The Balaban J connectivity index is 1.76. The van der Waals surface area contributed by atoms with Crippen molar-refractivity contribution in [1.29, 1.82) is 0 Å². The summed E-state index contributed by atoms with van der Waals surface area (Å²) in [6.07, 6.45) is 1.94. The molecule has 21 heavy (non-hydrogen) atoms. The van der Waals surface area contributed by atoms with Gasteiger partial charge in [0, 0.05) is 28.7 Å². The van der Waals surface area contributed by atoms with E-state index in [1.807, 2.05) is 36.5 Å². The number of fused-ring (bicyclic) bond motifs is 1. The maximum atomic E-state index is 9.60. The van der Waals surface area contributed by atoms with Crippen LogP contribution in [0.3, 0.4) is 0 Å². The van der Waals surface area contributed by atoms with Gasteiger partial charge in [-0.2, -0.15) is 0 Å². The second-order valence-electron chi connectivity index (χ2n) is 5.02. The maximum Gasteiger partial charge on any atom is 0.0626 e. The summed E-state index contributed by atoms with van der Waals surface area (Å²) in [4.78, 5) is 3.21. The van der Waals surface area contributed by atoms with Crippen LogP contribution in [0.5, 0.6) is 0 Å². The smallest absolute Gasteiger partial charge is 0.0626 e. The topological polar surface area (TPSA) is 48.0 Å². The van der Waals surface area contributed by atoms with Gasteiger partial charge in [0.1, 0.15) is 0 Å². The van der Waals surface area contributed by atoms with Crippen LogP contribution in [-0.4, -0.2) is 16.7 Å². The largest absolute Gasteiger partial charge is 0.394 e. The number of aromatic amines is 1. The van der Waals surface area contributed by atoms with E-state index in [1.54, 1.807) is 0 Å². The van der Waals surface area contributed by atoms with Crippen LogP contribution < -0.4 is 5.32 Å². The lowest BCUT2D eigenvalue weighted by Gasteiger charge is -2.17. The molecule has 108 valence electrons. The molecule has 0 radical (unpaired) electrons. The third kappa shape index (κ3) is 3.10. The fourth-order valence-corrected chi connectivity index (χ4v) is 2.65. The number of hydrogen-bond acceptors (Lipinski definition) is 2. The van der Waals surface area contributed by atoms with Crippen molar-refractivity contribution in [3.8, 4) is 0 Å². The monoisotopic (exact) mass is 300 g/mol. The molecule has 0 spiro atoms. The van der Waals surface area contributed by atoms with E-state index in [0.717, 1.165) is 11.1 Å². The van der Waals surface area contributed by atoms with Crippen LogP contribution in [0.15, 0.2) is 54.7 Å². The van der Waals surface area contributed by atoms with E-state index >= 15 is 0 Å². The first-order valence-corrected chi connectivity index (χ1v) is 7.30. The summed E-state index contributed by atoms with van der Waals surface area (Å²) >= 11 is 5.90. The van der Waals surface area contributed by atoms with E-state index in [0.29, 0.717) is 11.6 Å². The summed E-state index contributed by atoms with van der Waals surface area (Å²) in [7, 11) is 0. The van der Waals surface area contributed by atoms with Crippen LogP contribution >= 0.6 is 11.6 Å². The number of nitrogens with one attached hydrogen (secondary N) is 2. The average molecular weight is 301 g/mol. The Morgan fingerprint density at radius 2 is 1.90 bits per heavy atom. The normalized spacial score (nSPS) is 12.7. The summed E-state index contributed by atoms with van der Waals surface area (Å²) < 4.78 is 0. The molecular weight excluding hydrogens is 284 g/mol. The molecule has 2 aromatic carbocycles. The summed E-state index contributed by atoms with van der Waals surface area (Å²) in [5.74, 6) is 0. The zero-order valence-corrected chi connectivity index (χ0v) is 12.3. The zero-order chi connectivity index (χ0) is 14.7. The van der Waals surface area contributed by atoms with Crippen molar-refractivity contribution in [3.05, 3.63) is 70.9 Å². The lowest BCUT2D eigenvalue weighted by molar-refractivity contribution is 0.244. The molecule has 1 aromatic heterocycles. The van der Waals surface area contributed by atoms with E-state index in [9.17, 15) is 5.11 Å². The summed E-state index contributed by atoms with van der Waals surface area (Å²) in [6.45, 7) is 0.744. The SMILES string of the molecule is OCC(NCc1cccc2[nH]ccc12)c1ccc(Cl)cc1. The predicted molar refractivity (Wildman–Crippen MR) is 86.4 cm³/mol. The number of rotatable bonds is 5. The van der Waals surface area contributed by atoms with Crippen LogP contribution in [0.4, 0.5) is 0 Å². The van der Waals surface area contributed by atoms with E-state index < -0.39 is 0 Å². The van der Waals surface area contributed by atoms with E-state index in [-0.39, 0.29) is 12.6 Å². The van der Waals surface area contributed by atoms with Gasteiger partial charge in [0.15, 0.2) is 0 Å². The molecule has 0 fully saturated rings. The van der Waals surface area contributed by atoms with Crippen LogP contribution in [0, 0.1) is 0 Å². The molecular formula is C17H17ClN2O. The van der Waals surface area contributed by atoms with Gasteiger partial charge < -0.3 is 15.4 Å². The van der Waals surface area contributed by atoms with Gasteiger partial charge in [0.2, 0.25) is 0 Å². The van der Waals surface area contributed by atoms with Gasteiger partial charge >= 0.3 is 0 Å². The van der Waals surface area contributed by atoms with E-state index in [4.69, 9.17) is 11.6 Å². The minimum Gasteiger partial charge on any atom is -0.394 e. The Hall–Kier alpha value is -1.81. The Kier molecular flexibility index (Phi) is 4.25. The van der Waals surface area contributed by atoms with Gasteiger partial charge in [-0.15, -0.1) is 0 Å². The molecule has 3 N–H and O–H groups in total. The second kappa shape index (κ2) is 6.31. The third-order valence-electron chi connectivity index (χ3n) is 3.68. The third-order valence-corrected chi connectivity index (χ3v) is 3.93. The van der Waals surface area contributed by atoms with Gasteiger partial charge in [-0.25, -0.2) is 0 Å². The van der Waals surface area contributed by atoms with Crippen LogP contribution in [0.25, 0.3) is 10.9 Å². The van der Waals surface area contributed by atoms with Gasteiger partial charge in [-0.1, -0.05) is 35.9 Å². The van der Waals surface area contributed by atoms with Crippen molar-refractivity contribution in [3.63, 3.8) is 0 Å². The fraction of sp³-hybridized carbons (Fsp3) is 0.176. The first-order valence-electron chi connectivity index (χ1n) is 6.92. The number of halogens is 1. The molecule has 3 rings (SSSR count). The minimum absolute atomic E-state index is 0.0464. The molecule has 0 amide bonds. The summed E-state index contributed by atoms with van der Waals surface area (Å²) in [5.41, 5.74) is 3.37. The van der Waals surface area contributed by atoms with Crippen molar-refractivity contribution >= 4 is 22.5 Å². The van der Waals surface area contributed by atoms with Crippen molar-refractivity contribution in [2.75, 3.05) is 6.61 Å². The van der Waals surface area contributed by atoms with Gasteiger partial charge in [0.05, 0.1) is 12.6 Å². The standard InChI is InChI=1S/C17H17ClN2O/c18-14-6-4-12(5-7-14)17(11-21)20-10-13-2-1-3-16-15(13)8-9-19-16/h1-9,17,19-21H,10-11H2. The molecule has 0 saturated carbocycles. The van der Waals surface area contributed by atoms with Crippen LogP contribution in [0.2, 0.25) is 5.02 Å². The molecule has 3 nitrogen and oxygen atoms in total. The molecule has 0 saturated heterocycles. The zero-order valence-electron chi connectivity index (χ0n) is 11.5. The number of aliphatic hydroxyl groups is 1. The molecule has 1 unspecified atom stereocenters. The van der Waals surface area contributed by atoms with E-state index in [2.05, 4.69) is 28.5 Å². The Bertz CT molecular complexity index is 721. The highest BCUT2D eigenvalue weighted by Gasteiger charge is 2.10. The van der Waals surface area contributed by atoms with Gasteiger partial charge in [-0.05, 0) is 35.4 Å². The van der Waals surface area contributed by atoms with Gasteiger partial charge in [0.25, 0.3) is 0 Å². The van der Waals surface area contributed by atoms with Crippen molar-refractivity contribution in [1.82, 2.24) is 10.3 Å². The van der Waals surface area contributed by atoms with Crippen LogP contribution in [0.1, 0.15) is 17.2 Å². The Morgan fingerprint density at radius 3 is 2.67 bits per heavy atom. The molecule has 1 heterocycles. The number of benzene rings is 2. The van der Waals surface area contributed by atoms with Gasteiger partial charge in [-0.3, -0.25) is 0 Å². The minimum atomic E-state index is -0.100. The summed E-state index contributed by atoms with van der Waals surface area (Å²) in [6, 6.07) is 15.7. The molecule has 0 aliphatic carbocycles. The highest BCUT2D eigenvalue weighted by Crippen LogP contribution is 2.20. The number of aliphatic hydroxyl groups excluding tert-OH is 1. The molecule has 3 aromatic rings. The number of aromatic nitrogens is 1. The number of hydrogen-bond donors (Lipinski definition) is 3. The number of H-pyrrole nitrogens is 1. The molecule has 0 aliphatic heterocycles. The van der Waals surface area contributed by atoms with Crippen LogP contribution in [-0.2, 0) is 6.54 Å². The highest BCUT2D eigenvalue weighted by molar-refractivity contribution is 6.30. The lowest BCUT2D eigenvalue weighted by atomic mass is 10.1. The maximum absolute atomic E-state index is 9.60. The first kappa shape index (κ1) is 14.1. The predicted octanol–water partition coefficient (Wildman–Crippen LogP) is 3.64. The quantitative estimate of drug-likeness (QED) is 0.673. The molecule has 4 heteroatoms.